The summed E-state index contributed by atoms with van der Waals surface area (Å²) in [5.41, 5.74) is 1.74. The van der Waals surface area contributed by atoms with Gasteiger partial charge >= 0.3 is 0 Å². The van der Waals surface area contributed by atoms with Crippen LogP contribution in [0.3, 0.4) is 0 Å². The molecular formula is C20H19NO5. The number of ether oxygens (including phenoxy) is 4. The number of nitrogens with one attached hydrogen (secondary N) is 1. The molecule has 0 saturated carbocycles. The molecule has 0 atom stereocenters. The van der Waals surface area contributed by atoms with Crippen LogP contribution in [0.15, 0.2) is 54.3 Å². The topological polar surface area (TPSA) is 66.0 Å². The molecule has 6 heteroatoms. The van der Waals surface area contributed by atoms with Gasteiger partial charge in [-0.3, -0.25) is 4.79 Å². The van der Waals surface area contributed by atoms with E-state index < -0.39 is 0 Å². The summed E-state index contributed by atoms with van der Waals surface area (Å²) in [5.74, 6) is 2.19. The molecule has 2 aromatic rings. The predicted octanol–water partition coefficient (Wildman–Crippen LogP) is 3.64. The second-order valence-electron chi connectivity index (χ2n) is 5.44. The molecule has 0 radical (unpaired) electrons. The Morgan fingerprint density at radius 2 is 1.69 bits per heavy atom. The van der Waals surface area contributed by atoms with Crippen LogP contribution in [0.4, 0.5) is 5.69 Å². The summed E-state index contributed by atoms with van der Waals surface area (Å²) in [4.78, 5) is 12.7. The van der Waals surface area contributed by atoms with E-state index in [4.69, 9.17) is 18.9 Å². The minimum absolute atomic E-state index is 0.288. The van der Waals surface area contributed by atoms with E-state index in [1.54, 1.807) is 56.7 Å². The average Bonchev–Trinajstić information content (AvgIpc) is 2.89. The molecule has 134 valence electrons. The third-order valence-electron chi connectivity index (χ3n) is 3.89. The van der Waals surface area contributed by atoms with E-state index in [0.29, 0.717) is 34.3 Å². The fourth-order valence-electron chi connectivity index (χ4n) is 2.51. The molecule has 3 rings (SSSR count). The van der Waals surface area contributed by atoms with Crippen molar-refractivity contribution in [3.63, 3.8) is 0 Å². The lowest BCUT2D eigenvalue weighted by atomic mass is 10.1. The van der Waals surface area contributed by atoms with Gasteiger partial charge in [-0.15, -0.1) is 0 Å². The highest BCUT2D eigenvalue weighted by molar-refractivity contribution is 6.09. The second-order valence-corrected chi connectivity index (χ2v) is 5.44. The standard InChI is InChI=1S/C20H19NO5/c1-23-15-5-7-18-14(11-15)10-13(8-9-26-18)20(22)21-17-6-4-16(24-2)12-19(17)25-3/h4-12H,1-3H3,(H,21,22). The molecule has 0 aliphatic carbocycles. The van der Waals surface area contributed by atoms with Crippen LogP contribution in [0.5, 0.6) is 23.0 Å². The maximum absolute atomic E-state index is 12.7. The summed E-state index contributed by atoms with van der Waals surface area (Å²) in [6, 6.07) is 10.6. The minimum atomic E-state index is -0.288. The number of anilines is 1. The number of carbonyl (C=O) groups excluding carboxylic acids is 1. The lowest BCUT2D eigenvalue weighted by Crippen LogP contribution is -2.14. The first-order chi connectivity index (χ1) is 12.6. The van der Waals surface area contributed by atoms with Gasteiger partial charge in [-0.25, -0.2) is 0 Å². The van der Waals surface area contributed by atoms with Crippen molar-refractivity contribution in [1.82, 2.24) is 0 Å². The summed E-state index contributed by atoms with van der Waals surface area (Å²) < 4.78 is 21.3. The van der Waals surface area contributed by atoms with Gasteiger partial charge in [0.05, 0.1) is 33.3 Å². The third-order valence-corrected chi connectivity index (χ3v) is 3.89. The smallest absolute Gasteiger partial charge is 0.255 e. The first kappa shape index (κ1) is 17.4. The Morgan fingerprint density at radius 1 is 0.962 bits per heavy atom. The molecule has 0 aromatic heterocycles. The normalized spacial score (nSPS) is 12.2. The molecule has 1 N–H and O–H groups in total. The van der Waals surface area contributed by atoms with Gasteiger partial charge in [-0.2, -0.15) is 0 Å². The maximum atomic E-state index is 12.7. The lowest BCUT2D eigenvalue weighted by Gasteiger charge is -2.12. The molecule has 6 nitrogen and oxygen atoms in total. The third kappa shape index (κ3) is 3.64. The van der Waals surface area contributed by atoms with Gasteiger partial charge < -0.3 is 24.3 Å². The summed E-state index contributed by atoms with van der Waals surface area (Å²) in [7, 11) is 4.69. The van der Waals surface area contributed by atoms with E-state index >= 15 is 0 Å². The molecule has 1 aliphatic heterocycles. The SMILES string of the molecule is COc1ccc2c(c1)C=C(C(=O)Nc1ccc(OC)cc1OC)C=CO2. The number of rotatable bonds is 5. The van der Waals surface area contributed by atoms with Gasteiger partial charge in [0.15, 0.2) is 0 Å². The minimum Gasteiger partial charge on any atom is -0.497 e. The van der Waals surface area contributed by atoms with Crippen molar-refractivity contribution in [3.8, 4) is 23.0 Å². The zero-order chi connectivity index (χ0) is 18.5. The summed E-state index contributed by atoms with van der Waals surface area (Å²) >= 11 is 0. The van der Waals surface area contributed by atoms with Gasteiger partial charge in [0.25, 0.3) is 5.91 Å². The molecule has 0 spiro atoms. The quantitative estimate of drug-likeness (QED) is 0.889. The highest BCUT2D eigenvalue weighted by Gasteiger charge is 2.15. The van der Waals surface area contributed by atoms with Crippen LogP contribution < -0.4 is 24.3 Å². The highest BCUT2D eigenvalue weighted by atomic mass is 16.5. The van der Waals surface area contributed by atoms with Gasteiger partial charge in [0, 0.05) is 17.2 Å². The van der Waals surface area contributed by atoms with Crippen LogP contribution in [0.2, 0.25) is 0 Å². The molecule has 26 heavy (non-hydrogen) atoms. The van der Waals surface area contributed by atoms with Crippen molar-refractivity contribution in [2.24, 2.45) is 0 Å². The molecule has 2 aromatic carbocycles. The Balaban J connectivity index is 1.88. The Hall–Kier alpha value is -3.41. The molecule has 0 fully saturated rings. The van der Waals surface area contributed by atoms with Crippen molar-refractivity contribution < 1.29 is 23.7 Å². The number of benzene rings is 2. The van der Waals surface area contributed by atoms with E-state index in [1.807, 2.05) is 6.07 Å². The molecule has 1 heterocycles. The van der Waals surface area contributed by atoms with Crippen molar-refractivity contribution in [3.05, 3.63) is 59.9 Å². The second kappa shape index (κ2) is 7.65. The van der Waals surface area contributed by atoms with Crippen LogP contribution in [-0.2, 0) is 4.79 Å². The van der Waals surface area contributed by atoms with Crippen molar-refractivity contribution in [2.45, 2.75) is 0 Å². The Kier molecular flexibility index (Phi) is 5.12. The molecule has 0 unspecified atom stereocenters. The van der Waals surface area contributed by atoms with E-state index in [0.717, 1.165) is 5.56 Å². The fourth-order valence-corrected chi connectivity index (χ4v) is 2.51. The number of amides is 1. The Bertz CT molecular complexity index is 886. The van der Waals surface area contributed by atoms with Crippen LogP contribution in [0.1, 0.15) is 5.56 Å². The average molecular weight is 353 g/mol. The Morgan fingerprint density at radius 3 is 2.42 bits per heavy atom. The van der Waals surface area contributed by atoms with Gasteiger partial charge in [0.1, 0.15) is 23.0 Å². The molecule has 1 aliphatic rings. The predicted molar refractivity (Wildman–Crippen MR) is 98.9 cm³/mol. The zero-order valence-corrected chi connectivity index (χ0v) is 14.7. The van der Waals surface area contributed by atoms with Crippen LogP contribution in [0, 0.1) is 0 Å². The van der Waals surface area contributed by atoms with Gasteiger partial charge in [-0.05, 0) is 42.5 Å². The maximum Gasteiger partial charge on any atom is 0.255 e. The molecule has 1 amide bonds. The monoisotopic (exact) mass is 353 g/mol. The molecule has 0 saturated heterocycles. The zero-order valence-electron chi connectivity index (χ0n) is 14.7. The number of hydrogen-bond acceptors (Lipinski definition) is 5. The van der Waals surface area contributed by atoms with Crippen molar-refractivity contribution >= 4 is 17.7 Å². The van der Waals surface area contributed by atoms with E-state index in [1.165, 1.54) is 13.4 Å². The van der Waals surface area contributed by atoms with E-state index in [9.17, 15) is 4.79 Å². The number of fused-ring (bicyclic) bond motifs is 1. The first-order valence-corrected chi connectivity index (χ1v) is 7.91. The summed E-state index contributed by atoms with van der Waals surface area (Å²) in [5, 5.41) is 2.84. The number of methoxy groups -OCH3 is 3. The van der Waals surface area contributed by atoms with Crippen molar-refractivity contribution in [2.75, 3.05) is 26.6 Å². The van der Waals surface area contributed by atoms with Crippen LogP contribution in [-0.4, -0.2) is 27.2 Å². The fraction of sp³-hybridized carbons (Fsp3) is 0.150. The molecule has 0 bridgehead atoms. The van der Waals surface area contributed by atoms with Crippen LogP contribution in [0.25, 0.3) is 6.08 Å². The van der Waals surface area contributed by atoms with Crippen LogP contribution >= 0.6 is 0 Å². The lowest BCUT2D eigenvalue weighted by molar-refractivity contribution is -0.112. The number of hydrogen-bond donors (Lipinski definition) is 1. The summed E-state index contributed by atoms with van der Waals surface area (Å²) in [6.45, 7) is 0. The van der Waals surface area contributed by atoms with Gasteiger partial charge in [0.2, 0.25) is 0 Å². The van der Waals surface area contributed by atoms with Gasteiger partial charge in [-0.1, -0.05) is 0 Å². The highest BCUT2D eigenvalue weighted by Crippen LogP contribution is 2.31. The van der Waals surface area contributed by atoms with Crippen molar-refractivity contribution in [1.29, 1.82) is 0 Å². The largest absolute Gasteiger partial charge is 0.497 e. The number of carbonyl (C=O) groups is 1. The van der Waals surface area contributed by atoms with E-state index in [2.05, 4.69) is 5.32 Å². The summed E-state index contributed by atoms with van der Waals surface area (Å²) in [6.07, 6.45) is 4.83. The Labute approximate surface area is 151 Å². The van der Waals surface area contributed by atoms with E-state index in [-0.39, 0.29) is 5.91 Å². The molecular weight excluding hydrogens is 334 g/mol. The first-order valence-electron chi connectivity index (χ1n) is 7.91.